The standard InChI is InChI=1S/C33H39N3O5/c1-7-9-10-21(8-2)20-34-33(37)22-11-16-27-28(17-22)36-32(26-15-13-24(39-4)19-30(26)41-6)31(35-27)25-14-12-23(38-3)18-29(25)40-5/h11-19,21H,7-10,20H2,1-6H3,(H,34,37). The van der Waals surface area contributed by atoms with Crippen LogP contribution >= 0.6 is 0 Å². The summed E-state index contributed by atoms with van der Waals surface area (Å²) in [6.45, 7) is 5.01. The van der Waals surface area contributed by atoms with E-state index in [1.807, 2.05) is 42.5 Å². The minimum atomic E-state index is -0.117. The summed E-state index contributed by atoms with van der Waals surface area (Å²) in [5, 5.41) is 3.11. The van der Waals surface area contributed by atoms with Crippen LogP contribution in [-0.2, 0) is 0 Å². The number of aromatic nitrogens is 2. The number of fused-ring (bicyclic) bond motifs is 1. The molecule has 0 fully saturated rings. The van der Waals surface area contributed by atoms with Crippen molar-refractivity contribution in [3.63, 3.8) is 0 Å². The van der Waals surface area contributed by atoms with E-state index in [1.54, 1.807) is 40.6 Å². The van der Waals surface area contributed by atoms with Crippen molar-refractivity contribution in [3.8, 4) is 45.5 Å². The van der Waals surface area contributed by atoms with Gasteiger partial charge >= 0.3 is 0 Å². The van der Waals surface area contributed by atoms with Crippen LogP contribution in [0.5, 0.6) is 23.0 Å². The van der Waals surface area contributed by atoms with Gasteiger partial charge in [0.05, 0.1) is 39.5 Å². The molecule has 216 valence electrons. The molecule has 0 aliphatic heterocycles. The van der Waals surface area contributed by atoms with Crippen molar-refractivity contribution in [1.82, 2.24) is 15.3 Å². The average Bonchev–Trinajstić information content (AvgIpc) is 3.03. The van der Waals surface area contributed by atoms with E-state index in [0.717, 1.165) is 30.4 Å². The lowest BCUT2D eigenvalue weighted by Gasteiger charge is -2.17. The van der Waals surface area contributed by atoms with Crippen LogP contribution in [0, 0.1) is 5.92 Å². The predicted molar refractivity (Wildman–Crippen MR) is 162 cm³/mol. The van der Waals surface area contributed by atoms with Gasteiger partial charge < -0.3 is 24.3 Å². The summed E-state index contributed by atoms with van der Waals surface area (Å²) >= 11 is 0. The minimum Gasteiger partial charge on any atom is -0.497 e. The van der Waals surface area contributed by atoms with E-state index in [4.69, 9.17) is 28.9 Å². The summed E-state index contributed by atoms with van der Waals surface area (Å²) in [6, 6.07) is 16.5. The normalized spacial score (nSPS) is 11.7. The fourth-order valence-corrected chi connectivity index (χ4v) is 4.84. The van der Waals surface area contributed by atoms with Gasteiger partial charge in [-0.05, 0) is 54.8 Å². The van der Waals surface area contributed by atoms with Crippen molar-refractivity contribution in [2.45, 2.75) is 39.5 Å². The molecule has 1 heterocycles. The largest absolute Gasteiger partial charge is 0.497 e. The van der Waals surface area contributed by atoms with Gasteiger partial charge in [-0.2, -0.15) is 0 Å². The average molecular weight is 558 g/mol. The molecule has 0 aliphatic carbocycles. The minimum absolute atomic E-state index is 0.117. The number of methoxy groups -OCH3 is 4. The van der Waals surface area contributed by atoms with Crippen molar-refractivity contribution in [2.24, 2.45) is 5.92 Å². The van der Waals surface area contributed by atoms with Crippen LogP contribution < -0.4 is 24.3 Å². The first-order valence-electron chi connectivity index (χ1n) is 14.0. The van der Waals surface area contributed by atoms with Crippen LogP contribution in [0.15, 0.2) is 54.6 Å². The Morgan fingerprint density at radius 3 is 1.85 bits per heavy atom. The van der Waals surface area contributed by atoms with E-state index in [9.17, 15) is 4.79 Å². The number of hydrogen-bond acceptors (Lipinski definition) is 7. The maximum atomic E-state index is 13.1. The predicted octanol–water partition coefficient (Wildman–Crippen LogP) is 6.94. The van der Waals surface area contributed by atoms with Gasteiger partial charge in [-0.1, -0.05) is 33.1 Å². The zero-order valence-corrected chi connectivity index (χ0v) is 24.7. The fourth-order valence-electron chi connectivity index (χ4n) is 4.84. The third kappa shape index (κ3) is 6.70. The van der Waals surface area contributed by atoms with Crippen molar-refractivity contribution in [3.05, 3.63) is 60.2 Å². The molecule has 1 atom stereocenters. The van der Waals surface area contributed by atoms with Gasteiger partial charge in [0, 0.05) is 35.4 Å². The summed E-state index contributed by atoms with van der Waals surface area (Å²) in [7, 11) is 6.43. The van der Waals surface area contributed by atoms with E-state index in [1.165, 1.54) is 6.42 Å². The molecule has 4 aromatic rings. The number of nitrogens with zero attached hydrogens (tertiary/aromatic N) is 2. The molecule has 1 N–H and O–H groups in total. The second-order valence-corrected chi connectivity index (χ2v) is 9.88. The SMILES string of the molecule is CCCCC(CC)CNC(=O)c1ccc2nc(-c3ccc(OC)cc3OC)c(-c3ccc(OC)cc3OC)nc2c1. The molecule has 1 amide bonds. The first-order chi connectivity index (χ1) is 20.0. The Balaban J connectivity index is 1.83. The molecule has 4 rings (SSSR count). The number of amides is 1. The second kappa shape index (κ2) is 13.8. The van der Waals surface area contributed by atoms with Crippen LogP contribution in [0.25, 0.3) is 33.5 Å². The number of unbranched alkanes of at least 4 members (excludes halogenated alkanes) is 1. The van der Waals surface area contributed by atoms with Crippen molar-refractivity contribution >= 4 is 16.9 Å². The highest BCUT2D eigenvalue weighted by atomic mass is 16.5. The molecular formula is C33H39N3O5. The zero-order valence-electron chi connectivity index (χ0n) is 24.7. The van der Waals surface area contributed by atoms with Crippen LogP contribution in [0.2, 0.25) is 0 Å². The maximum absolute atomic E-state index is 13.1. The molecule has 0 aliphatic rings. The Labute approximate surface area is 242 Å². The molecule has 8 heteroatoms. The van der Waals surface area contributed by atoms with Crippen LogP contribution in [0.3, 0.4) is 0 Å². The Kier molecular flexibility index (Phi) is 10.0. The van der Waals surface area contributed by atoms with Gasteiger partial charge in [0.15, 0.2) is 0 Å². The van der Waals surface area contributed by atoms with Crippen LogP contribution in [-0.4, -0.2) is 50.9 Å². The molecule has 3 aromatic carbocycles. The highest BCUT2D eigenvalue weighted by Gasteiger charge is 2.21. The monoisotopic (exact) mass is 557 g/mol. The molecule has 0 spiro atoms. The highest BCUT2D eigenvalue weighted by molar-refractivity contribution is 5.98. The van der Waals surface area contributed by atoms with Gasteiger partial charge in [-0.25, -0.2) is 9.97 Å². The Morgan fingerprint density at radius 1 is 0.756 bits per heavy atom. The number of hydrogen-bond donors (Lipinski definition) is 1. The molecular weight excluding hydrogens is 518 g/mol. The number of rotatable bonds is 13. The van der Waals surface area contributed by atoms with Crippen molar-refractivity contribution in [1.29, 1.82) is 0 Å². The fraction of sp³-hybridized carbons (Fsp3) is 0.364. The third-order valence-electron chi connectivity index (χ3n) is 7.35. The molecule has 1 unspecified atom stereocenters. The van der Waals surface area contributed by atoms with Crippen molar-refractivity contribution < 1.29 is 23.7 Å². The van der Waals surface area contributed by atoms with E-state index >= 15 is 0 Å². The Morgan fingerprint density at radius 2 is 1.34 bits per heavy atom. The van der Waals surface area contributed by atoms with Gasteiger partial charge in [-0.15, -0.1) is 0 Å². The lowest BCUT2D eigenvalue weighted by Crippen LogP contribution is -2.29. The molecule has 0 radical (unpaired) electrons. The van der Waals surface area contributed by atoms with E-state index in [2.05, 4.69) is 19.2 Å². The smallest absolute Gasteiger partial charge is 0.251 e. The maximum Gasteiger partial charge on any atom is 0.251 e. The zero-order chi connectivity index (χ0) is 29.4. The Bertz CT molecular complexity index is 1500. The van der Waals surface area contributed by atoms with Crippen molar-refractivity contribution in [2.75, 3.05) is 35.0 Å². The molecule has 8 nitrogen and oxygen atoms in total. The molecule has 1 aromatic heterocycles. The summed E-state index contributed by atoms with van der Waals surface area (Å²) in [5.41, 5.74) is 4.46. The second-order valence-electron chi connectivity index (χ2n) is 9.88. The van der Waals surface area contributed by atoms with Crippen LogP contribution in [0.1, 0.15) is 49.9 Å². The third-order valence-corrected chi connectivity index (χ3v) is 7.35. The molecule has 0 bridgehead atoms. The lowest BCUT2D eigenvalue weighted by molar-refractivity contribution is 0.0946. The molecule has 41 heavy (non-hydrogen) atoms. The Hall–Kier alpha value is -4.33. The molecule has 0 saturated carbocycles. The summed E-state index contributed by atoms with van der Waals surface area (Å²) < 4.78 is 22.3. The summed E-state index contributed by atoms with van der Waals surface area (Å²) in [6.07, 6.45) is 4.47. The van der Waals surface area contributed by atoms with Gasteiger partial charge in [-0.3, -0.25) is 4.79 Å². The van der Waals surface area contributed by atoms with Gasteiger partial charge in [0.25, 0.3) is 5.91 Å². The first kappa shape index (κ1) is 29.6. The van der Waals surface area contributed by atoms with E-state index in [0.29, 0.717) is 63.4 Å². The molecule has 0 saturated heterocycles. The number of nitrogens with one attached hydrogen (secondary N) is 1. The number of carbonyl (C=O) groups is 1. The lowest BCUT2D eigenvalue weighted by atomic mass is 9.99. The number of benzene rings is 3. The van der Waals surface area contributed by atoms with E-state index in [-0.39, 0.29) is 5.91 Å². The summed E-state index contributed by atoms with van der Waals surface area (Å²) in [4.78, 5) is 23.2. The van der Waals surface area contributed by atoms with E-state index < -0.39 is 0 Å². The van der Waals surface area contributed by atoms with Gasteiger partial charge in [0.2, 0.25) is 0 Å². The first-order valence-corrected chi connectivity index (χ1v) is 14.0. The summed E-state index contributed by atoms with van der Waals surface area (Å²) in [5.74, 6) is 2.85. The highest BCUT2D eigenvalue weighted by Crippen LogP contribution is 2.41. The number of carbonyl (C=O) groups excluding carboxylic acids is 1. The van der Waals surface area contributed by atoms with Crippen LogP contribution in [0.4, 0.5) is 0 Å². The topological polar surface area (TPSA) is 91.8 Å². The van der Waals surface area contributed by atoms with Gasteiger partial charge in [0.1, 0.15) is 34.4 Å². The quantitative estimate of drug-likeness (QED) is 0.190. The number of ether oxygens (including phenoxy) is 4.